The van der Waals surface area contributed by atoms with Gasteiger partial charge < -0.3 is 20.3 Å². The average Bonchev–Trinajstić information content (AvgIpc) is 2.70. The molecule has 2 aromatic carbocycles. The van der Waals surface area contributed by atoms with Crippen LogP contribution in [0.15, 0.2) is 54.6 Å². The van der Waals surface area contributed by atoms with Crippen molar-refractivity contribution in [2.45, 2.75) is 45.8 Å². The molecule has 0 radical (unpaired) electrons. The number of rotatable bonds is 8. The highest BCUT2D eigenvalue weighted by molar-refractivity contribution is 5.95. The molecule has 2 rings (SSSR count). The van der Waals surface area contributed by atoms with Crippen molar-refractivity contribution in [3.63, 3.8) is 0 Å². The van der Waals surface area contributed by atoms with E-state index in [9.17, 15) is 9.59 Å². The molecule has 0 aromatic heterocycles. The number of ether oxygens (including phenoxy) is 1. The van der Waals surface area contributed by atoms with E-state index in [0.29, 0.717) is 19.5 Å². The van der Waals surface area contributed by atoms with E-state index >= 15 is 0 Å². The SMILES string of the molecule is CC(CNC(=O)OC(C)(C)C)N(C)CCC(=O)Nc1ccccc1-c1ccccc1. The minimum absolute atomic E-state index is 0.0440. The predicted octanol–water partition coefficient (Wildman–Crippen LogP) is 4.53. The fraction of sp³-hybridized carbons (Fsp3) is 0.417. The number of alkyl carbamates (subject to hydrolysis) is 1. The molecular weight excluding hydrogens is 378 g/mol. The molecule has 0 aliphatic rings. The number of hydrogen-bond acceptors (Lipinski definition) is 4. The number of para-hydroxylation sites is 1. The molecule has 0 bridgehead atoms. The summed E-state index contributed by atoms with van der Waals surface area (Å²) in [6.45, 7) is 8.52. The van der Waals surface area contributed by atoms with E-state index in [1.165, 1.54) is 0 Å². The maximum atomic E-state index is 12.5. The number of nitrogens with one attached hydrogen (secondary N) is 2. The number of nitrogens with zero attached hydrogens (tertiary/aromatic N) is 1. The van der Waals surface area contributed by atoms with Crippen LogP contribution in [0.4, 0.5) is 10.5 Å². The van der Waals surface area contributed by atoms with Gasteiger partial charge in [0.15, 0.2) is 0 Å². The molecule has 2 aromatic rings. The van der Waals surface area contributed by atoms with Crippen molar-refractivity contribution >= 4 is 17.7 Å². The van der Waals surface area contributed by atoms with Crippen molar-refractivity contribution < 1.29 is 14.3 Å². The van der Waals surface area contributed by atoms with Gasteiger partial charge in [0.2, 0.25) is 5.91 Å². The van der Waals surface area contributed by atoms with E-state index in [-0.39, 0.29) is 11.9 Å². The topological polar surface area (TPSA) is 70.7 Å². The maximum Gasteiger partial charge on any atom is 0.407 e. The van der Waals surface area contributed by atoms with E-state index < -0.39 is 11.7 Å². The number of amides is 2. The highest BCUT2D eigenvalue weighted by atomic mass is 16.6. The minimum atomic E-state index is -0.520. The first-order valence-corrected chi connectivity index (χ1v) is 10.3. The first-order valence-electron chi connectivity index (χ1n) is 10.3. The van der Waals surface area contributed by atoms with Crippen LogP contribution >= 0.6 is 0 Å². The Labute approximate surface area is 179 Å². The first-order chi connectivity index (χ1) is 14.2. The number of anilines is 1. The Kier molecular flexibility index (Phi) is 8.42. The van der Waals surface area contributed by atoms with Gasteiger partial charge in [0.1, 0.15) is 5.60 Å². The van der Waals surface area contributed by atoms with Crippen molar-refractivity contribution in [1.29, 1.82) is 0 Å². The third kappa shape index (κ3) is 7.87. The van der Waals surface area contributed by atoms with E-state index in [2.05, 4.69) is 10.6 Å². The summed E-state index contributed by atoms with van der Waals surface area (Å²) in [4.78, 5) is 26.3. The average molecular weight is 412 g/mol. The van der Waals surface area contributed by atoms with E-state index in [1.54, 1.807) is 0 Å². The molecule has 2 amide bonds. The molecule has 30 heavy (non-hydrogen) atoms. The third-order valence-electron chi connectivity index (χ3n) is 4.67. The summed E-state index contributed by atoms with van der Waals surface area (Å²) in [7, 11) is 1.94. The van der Waals surface area contributed by atoms with Gasteiger partial charge in [0.05, 0.1) is 0 Å². The quantitative estimate of drug-likeness (QED) is 0.670. The Balaban J connectivity index is 1.83. The van der Waals surface area contributed by atoms with Crippen molar-refractivity contribution in [1.82, 2.24) is 10.2 Å². The Morgan fingerprint density at radius 2 is 1.67 bits per heavy atom. The molecular formula is C24H33N3O3. The van der Waals surface area contributed by atoms with Gasteiger partial charge >= 0.3 is 6.09 Å². The number of likely N-dealkylation sites (N-methyl/N-ethyl adjacent to an activating group) is 1. The minimum Gasteiger partial charge on any atom is -0.444 e. The van der Waals surface area contributed by atoms with Crippen LogP contribution in [0.5, 0.6) is 0 Å². The van der Waals surface area contributed by atoms with Crippen LogP contribution < -0.4 is 10.6 Å². The summed E-state index contributed by atoms with van der Waals surface area (Å²) in [5.74, 6) is -0.0440. The fourth-order valence-corrected chi connectivity index (χ4v) is 2.87. The molecule has 0 saturated carbocycles. The molecule has 0 spiro atoms. The lowest BCUT2D eigenvalue weighted by Gasteiger charge is -2.26. The van der Waals surface area contributed by atoms with Crippen LogP contribution in [-0.2, 0) is 9.53 Å². The molecule has 0 aliphatic heterocycles. The maximum absolute atomic E-state index is 12.5. The van der Waals surface area contributed by atoms with Gasteiger partial charge in [-0.1, -0.05) is 48.5 Å². The molecule has 2 N–H and O–H groups in total. The Morgan fingerprint density at radius 1 is 1.03 bits per heavy atom. The zero-order valence-electron chi connectivity index (χ0n) is 18.6. The monoisotopic (exact) mass is 411 g/mol. The third-order valence-corrected chi connectivity index (χ3v) is 4.67. The number of carbonyl (C=O) groups excluding carboxylic acids is 2. The lowest BCUT2D eigenvalue weighted by Crippen LogP contribution is -2.42. The molecule has 6 heteroatoms. The fourth-order valence-electron chi connectivity index (χ4n) is 2.87. The van der Waals surface area contributed by atoms with Crippen molar-refractivity contribution in [2.24, 2.45) is 0 Å². The van der Waals surface area contributed by atoms with Gasteiger partial charge in [-0.05, 0) is 46.4 Å². The molecule has 0 aliphatic carbocycles. The number of carbonyl (C=O) groups is 2. The molecule has 0 heterocycles. The number of hydrogen-bond donors (Lipinski definition) is 2. The van der Waals surface area contributed by atoms with Crippen LogP contribution in [0.25, 0.3) is 11.1 Å². The van der Waals surface area contributed by atoms with Gasteiger partial charge in [-0.2, -0.15) is 0 Å². The van der Waals surface area contributed by atoms with E-state index in [4.69, 9.17) is 4.74 Å². The predicted molar refractivity (Wildman–Crippen MR) is 121 cm³/mol. The number of benzene rings is 2. The van der Waals surface area contributed by atoms with Gasteiger partial charge in [0.25, 0.3) is 0 Å². The standard InChI is InChI=1S/C24H33N3O3/c1-18(17-25-23(29)30-24(2,3)4)27(5)16-15-22(28)26-21-14-10-9-13-20(21)19-11-7-6-8-12-19/h6-14,18H,15-17H2,1-5H3,(H,25,29)(H,26,28). The summed E-state index contributed by atoms with van der Waals surface area (Å²) >= 11 is 0. The molecule has 162 valence electrons. The second kappa shape index (κ2) is 10.8. The smallest absolute Gasteiger partial charge is 0.407 e. The van der Waals surface area contributed by atoms with Crippen molar-refractivity contribution in [3.05, 3.63) is 54.6 Å². The van der Waals surface area contributed by atoms with Crippen LogP contribution in [0.1, 0.15) is 34.1 Å². The van der Waals surface area contributed by atoms with E-state index in [1.807, 2.05) is 94.2 Å². The van der Waals surface area contributed by atoms with Crippen LogP contribution in [0.3, 0.4) is 0 Å². The summed E-state index contributed by atoms with van der Waals surface area (Å²) in [6.07, 6.45) is -0.0749. The van der Waals surface area contributed by atoms with Crippen molar-refractivity contribution in [3.8, 4) is 11.1 Å². The Bertz CT molecular complexity index is 831. The Morgan fingerprint density at radius 3 is 2.33 bits per heavy atom. The Hall–Kier alpha value is -2.86. The lowest BCUT2D eigenvalue weighted by atomic mass is 10.0. The summed E-state index contributed by atoms with van der Waals surface area (Å²) in [5.41, 5.74) is 2.34. The summed E-state index contributed by atoms with van der Waals surface area (Å²) in [5, 5.41) is 5.79. The zero-order chi connectivity index (χ0) is 22.1. The summed E-state index contributed by atoms with van der Waals surface area (Å²) in [6, 6.07) is 17.9. The van der Waals surface area contributed by atoms with Gasteiger partial charge in [0, 0.05) is 36.8 Å². The van der Waals surface area contributed by atoms with E-state index in [0.717, 1.165) is 16.8 Å². The van der Waals surface area contributed by atoms with Crippen LogP contribution in [-0.4, -0.2) is 48.7 Å². The van der Waals surface area contributed by atoms with Crippen molar-refractivity contribution in [2.75, 3.05) is 25.5 Å². The molecule has 1 atom stereocenters. The van der Waals surface area contributed by atoms with Crippen LogP contribution in [0.2, 0.25) is 0 Å². The molecule has 1 unspecified atom stereocenters. The first kappa shape index (κ1) is 23.4. The summed E-state index contributed by atoms with van der Waals surface area (Å²) < 4.78 is 5.25. The van der Waals surface area contributed by atoms with Gasteiger partial charge in [-0.25, -0.2) is 4.79 Å². The normalized spacial score (nSPS) is 12.3. The molecule has 0 fully saturated rings. The second-order valence-electron chi connectivity index (χ2n) is 8.42. The van der Waals surface area contributed by atoms with Gasteiger partial charge in [-0.3, -0.25) is 4.79 Å². The molecule has 6 nitrogen and oxygen atoms in total. The molecule has 0 saturated heterocycles. The second-order valence-corrected chi connectivity index (χ2v) is 8.42. The lowest BCUT2D eigenvalue weighted by molar-refractivity contribution is -0.116. The highest BCUT2D eigenvalue weighted by Gasteiger charge is 2.18. The zero-order valence-corrected chi connectivity index (χ0v) is 18.6. The highest BCUT2D eigenvalue weighted by Crippen LogP contribution is 2.27. The van der Waals surface area contributed by atoms with Gasteiger partial charge in [-0.15, -0.1) is 0 Å². The largest absolute Gasteiger partial charge is 0.444 e. The van der Waals surface area contributed by atoms with Crippen LogP contribution in [0, 0.1) is 0 Å².